The SMILES string of the molecule is CC1(CNc2nc(N)nc(N3CCOCC3)n2)CCC1. The van der Waals surface area contributed by atoms with Crippen LogP contribution in [0.2, 0.25) is 0 Å². The fourth-order valence-corrected chi connectivity index (χ4v) is 2.61. The summed E-state index contributed by atoms with van der Waals surface area (Å²) < 4.78 is 5.34. The van der Waals surface area contributed by atoms with E-state index in [4.69, 9.17) is 10.5 Å². The van der Waals surface area contributed by atoms with Crippen LogP contribution in [0.4, 0.5) is 17.8 Å². The highest BCUT2D eigenvalue weighted by Gasteiger charge is 2.31. The molecule has 2 aliphatic rings. The highest BCUT2D eigenvalue weighted by molar-refractivity contribution is 5.42. The van der Waals surface area contributed by atoms with Gasteiger partial charge in [-0.1, -0.05) is 13.3 Å². The third-order valence-electron chi connectivity index (χ3n) is 4.17. The second kappa shape index (κ2) is 5.40. The second-order valence-corrected chi connectivity index (χ2v) is 5.93. The Morgan fingerprint density at radius 1 is 1.25 bits per heavy atom. The molecule has 3 N–H and O–H groups in total. The van der Waals surface area contributed by atoms with Crippen molar-refractivity contribution in [2.45, 2.75) is 26.2 Å². The Morgan fingerprint density at radius 2 is 2.00 bits per heavy atom. The lowest BCUT2D eigenvalue weighted by molar-refractivity contribution is 0.122. The summed E-state index contributed by atoms with van der Waals surface area (Å²) in [7, 11) is 0. The number of hydrogen-bond donors (Lipinski definition) is 2. The lowest BCUT2D eigenvalue weighted by atomic mass is 9.70. The number of anilines is 3. The standard InChI is InChI=1S/C13H22N6O/c1-13(3-2-4-13)9-15-11-16-10(14)17-12(18-11)19-5-7-20-8-6-19/h2-9H2,1H3,(H3,14,15,16,17,18). The molecular weight excluding hydrogens is 256 g/mol. The van der Waals surface area contributed by atoms with Gasteiger partial charge < -0.3 is 20.7 Å². The summed E-state index contributed by atoms with van der Waals surface area (Å²) in [5, 5.41) is 3.31. The summed E-state index contributed by atoms with van der Waals surface area (Å²) in [6.07, 6.45) is 3.84. The first-order chi connectivity index (χ1) is 9.65. The Bertz CT molecular complexity index is 470. The van der Waals surface area contributed by atoms with Gasteiger partial charge in [-0.2, -0.15) is 15.0 Å². The molecule has 110 valence electrons. The van der Waals surface area contributed by atoms with Crippen molar-refractivity contribution in [3.8, 4) is 0 Å². The van der Waals surface area contributed by atoms with Gasteiger partial charge in [0.05, 0.1) is 13.2 Å². The first-order valence-electron chi connectivity index (χ1n) is 7.23. The normalized spacial score (nSPS) is 21.4. The van der Waals surface area contributed by atoms with Gasteiger partial charge in [-0.05, 0) is 18.3 Å². The molecule has 1 aliphatic heterocycles. The molecule has 1 aromatic rings. The monoisotopic (exact) mass is 278 g/mol. The Labute approximate surface area is 118 Å². The van der Waals surface area contributed by atoms with Crippen LogP contribution >= 0.6 is 0 Å². The summed E-state index contributed by atoms with van der Waals surface area (Å²) >= 11 is 0. The van der Waals surface area contributed by atoms with Gasteiger partial charge in [0.2, 0.25) is 17.8 Å². The molecule has 0 atom stereocenters. The molecule has 0 aromatic carbocycles. The predicted octanol–water partition coefficient (Wildman–Crippen LogP) is 0.892. The zero-order chi connectivity index (χ0) is 14.0. The maximum absolute atomic E-state index is 5.79. The second-order valence-electron chi connectivity index (χ2n) is 5.93. The van der Waals surface area contributed by atoms with Gasteiger partial charge in [-0.15, -0.1) is 0 Å². The first-order valence-corrected chi connectivity index (χ1v) is 7.23. The van der Waals surface area contributed by atoms with E-state index in [1.54, 1.807) is 0 Å². The minimum Gasteiger partial charge on any atom is -0.378 e. The van der Waals surface area contributed by atoms with Gasteiger partial charge in [0.15, 0.2) is 0 Å². The zero-order valence-electron chi connectivity index (χ0n) is 11.9. The van der Waals surface area contributed by atoms with Gasteiger partial charge in [0.25, 0.3) is 0 Å². The third kappa shape index (κ3) is 2.92. The van der Waals surface area contributed by atoms with E-state index in [0.29, 0.717) is 30.5 Å². The molecule has 0 unspecified atom stereocenters. The summed E-state index contributed by atoms with van der Waals surface area (Å²) in [5.41, 5.74) is 6.17. The van der Waals surface area contributed by atoms with Crippen molar-refractivity contribution < 1.29 is 4.74 Å². The zero-order valence-corrected chi connectivity index (χ0v) is 11.9. The number of ether oxygens (including phenoxy) is 1. The van der Waals surface area contributed by atoms with Crippen LogP contribution in [0, 0.1) is 5.41 Å². The molecule has 1 aliphatic carbocycles. The van der Waals surface area contributed by atoms with Crippen molar-refractivity contribution >= 4 is 17.8 Å². The number of nitrogens with zero attached hydrogens (tertiary/aromatic N) is 4. The maximum Gasteiger partial charge on any atom is 0.232 e. The molecule has 3 rings (SSSR count). The van der Waals surface area contributed by atoms with Gasteiger partial charge in [-0.3, -0.25) is 0 Å². The summed E-state index contributed by atoms with van der Waals surface area (Å²) in [5.74, 6) is 1.48. The quantitative estimate of drug-likeness (QED) is 0.845. The van der Waals surface area contributed by atoms with Gasteiger partial charge >= 0.3 is 0 Å². The molecule has 20 heavy (non-hydrogen) atoms. The Morgan fingerprint density at radius 3 is 2.65 bits per heavy atom. The van der Waals surface area contributed by atoms with Crippen LogP contribution in [0.3, 0.4) is 0 Å². The number of morpholine rings is 1. The van der Waals surface area contributed by atoms with E-state index >= 15 is 0 Å². The fraction of sp³-hybridized carbons (Fsp3) is 0.769. The predicted molar refractivity (Wildman–Crippen MR) is 77.7 cm³/mol. The van der Waals surface area contributed by atoms with Crippen LogP contribution in [-0.2, 0) is 4.74 Å². The number of rotatable bonds is 4. The van der Waals surface area contributed by atoms with Crippen molar-refractivity contribution in [2.24, 2.45) is 5.41 Å². The number of nitrogens with two attached hydrogens (primary N) is 1. The first kappa shape index (κ1) is 13.4. The lowest BCUT2D eigenvalue weighted by Crippen LogP contribution is -2.38. The van der Waals surface area contributed by atoms with Gasteiger partial charge in [-0.25, -0.2) is 0 Å². The number of aromatic nitrogens is 3. The van der Waals surface area contributed by atoms with Crippen LogP contribution in [0.25, 0.3) is 0 Å². The van der Waals surface area contributed by atoms with Gasteiger partial charge in [0.1, 0.15) is 0 Å². The molecule has 2 fully saturated rings. The lowest BCUT2D eigenvalue weighted by Gasteiger charge is -2.38. The average molecular weight is 278 g/mol. The van der Waals surface area contributed by atoms with Gasteiger partial charge in [0, 0.05) is 19.6 Å². The van der Waals surface area contributed by atoms with Crippen LogP contribution in [0.15, 0.2) is 0 Å². The minimum absolute atomic E-state index is 0.266. The van der Waals surface area contributed by atoms with E-state index in [-0.39, 0.29) is 5.95 Å². The van der Waals surface area contributed by atoms with E-state index in [1.807, 2.05) is 0 Å². The summed E-state index contributed by atoms with van der Waals surface area (Å²) in [6.45, 7) is 6.16. The molecule has 0 radical (unpaired) electrons. The summed E-state index contributed by atoms with van der Waals surface area (Å²) in [4.78, 5) is 15.0. The van der Waals surface area contributed by atoms with E-state index in [2.05, 4.69) is 32.1 Å². The van der Waals surface area contributed by atoms with E-state index in [1.165, 1.54) is 19.3 Å². The molecule has 0 spiro atoms. The molecule has 2 heterocycles. The largest absolute Gasteiger partial charge is 0.378 e. The van der Waals surface area contributed by atoms with Crippen LogP contribution in [-0.4, -0.2) is 47.8 Å². The highest BCUT2D eigenvalue weighted by atomic mass is 16.5. The van der Waals surface area contributed by atoms with E-state index < -0.39 is 0 Å². The Balaban J connectivity index is 1.69. The third-order valence-corrected chi connectivity index (χ3v) is 4.17. The van der Waals surface area contributed by atoms with Crippen LogP contribution in [0.5, 0.6) is 0 Å². The minimum atomic E-state index is 0.266. The van der Waals surface area contributed by atoms with Crippen molar-refractivity contribution in [3.63, 3.8) is 0 Å². The molecule has 1 saturated heterocycles. The number of hydrogen-bond acceptors (Lipinski definition) is 7. The number of nitrogens with one attached hydrogen (secondary N) is 1. The summed E-state index contributed by atoms with van der Waals surface area (Å²) in [6, 6.07) is 0. The molecular formula is C13H22N6O. The van der Waals surface area contributed by atoms with Crippen molar-refractivity contribution in [1.82, 2.24) is 15.0 Å². The average Bonchev–Trinajstić information content (AvgIpc) is 2.43. The van der Waals surface area contributed by atoms with Crippen molar-refractivity contribution in [2.75, 3.05) is 48.8 Å². The van der Waals surface area contributed by atoms with Crippen molar-refractivity contribution in [3.05, 3.63) is 0 Å². The van der Waals surface area contributed by atoms with Crippen LogP contribution in [0.1, 0.15) is 26.2 Å². The molecule has 0 bridgehead atoms. The van der Waals surface area contributed by atoms with E-state index in [9.17, 15) is 0 Å². The molecule has 0 amide bonds. The molecule has 1 aromatic heterocycles. The van der Waals surface area contributed by atoms with E-state index in [0.717, 1.165) is 19.6 Å². The highest BCUT2D eigenvalue weighted by Crippen LogP contribution is 2.40. The topological polar surface area (TPSA) is 89.2 Å². The molecule has 7 nitrogen and oxygen atoms in total. The van der Waals surface area contributed by atoms with Crippen LogP contribution < -0.4 is 16.0 Å². The maximum atomic E-state index is 5.79. The Hall–Kier alpha value is -1.63. The Kier molecular flexibility index (Phi) is 3.60. The fourth-order valence-electron chi connectivity index (χ4n) is 2.61. The van der Waals surface area contributed by atoms with Crippen molar-refractivity contribution in [1.29, 1.82) is 0 Å². The molecule has 1 saturated carbocycles. The smallest absolute Gasteiger partial charge is 0.232 e. The molecule has 7 heteroatoms. The number of nitrogen functional groups attached to an aromatic ring is 1.